The van der Waals surface area contributed by atoms with Gasteiger partial charge in [0.2, 0.25) is 5.91 Å². The maximum atomic E-state index is 12.9. The van der Waals surface area contributed by atoms with E-state index in [1.54, 1.807) is 7.11 Å². The average molecular weight is 420 g/mol. The summed E-state index contributed by atoms with van der Waals surface area (Å²) >= 11 is 1.37. The fourth-order valence-corrected chi connectivity index (χ4v) is 4.32. The minimum atomic E-state index is -0.267. The van der Waals surface area contributed by atoms with Crippen LogP contribution >= 0.6 is 11.3 Å². The molecule has 0 spiro atoms. The van der Waals surface area contributed by atoms with Gasteiger partial charge in [0.25, 0.3) is 5.56 Å². The standard InChI is InChI=1S/C23H21N3O3S/c1-14-4-9-18(15(2)10-14)25-21(27)12-26-13-24-19-11-20(30-22(19)23(26)28)16-5-7-17(29-3)8-6-16/h4-11,13H,12H2,1-3H3,(H,25,27). The molecule has 0 saturated carbocycles. The maximum absolute atomic E-state index is 12.9. The van der Waals surface area contributed by atoms with E-state index in [0.717, 1.165) is 33.0 Å². The van der Waals surface area contributed by atoms with Crippen LogP contribution in [0.25, 0.3) is 20.7 Å². The van der Waals surface area contributed by atoms with Crippen molar-refractivity contribution in [3.05, 3.63) is 76.3 Å². The Morgan fingerprint density at radius 3 is 2.60 bits per heavy atom. The Hall–Kier alpha value is -3.45. The lowest BCUT2D eigenvalue weighted by molar-refractivity contribution is -0.116. The molecule has 2 heterocycles. The van der Waals surface area contributed by atoms with Gasteiger partial charge in [0.1, 0.15) is 17.0 Å². The van der Waals surface area contributed by atoms with Crippen molar-refractivity contribution in [3.8, 4) is 16.2 Å². The molecule has 0 aliphatic rings. The molecule has 0 bridgehead atoms. The highest BCUT2D eigenvalue weighted by Crippen LogP contribution is 2.31. The molecule has 30 heavy (non-hydrogen) atoms. The summed E-state index contributed by atoms with van der Waals surface area (Å²) in [7, 11) is 1.62. The van der Waals surface area contributed by atoms with Crippen molar-refractivity contribution in [1.82, 2.24) is 9.55 Å². The predicted molar refractivity (Wildman–Crippen MR) is 120 cm³/mol. The molecule has 0 aliphatic heterocycles. The Kier molecular flexibility index (Phi) is 5.37. The van der Waals surface area contributed by atoms with Crippen LogP contribution in [-0.4, -0.2) is 22.6 Å². The summed E-state index contributed by atoms with van der Waals surface area (Å²) in [5.41, 5.74) is 4.23. The SMILES string of the molecule is COc1ccc(-c2cc3ncn(CC(=O)Nc4ccc(C)cc4C)c(=O)c3s2)cc1. The van der Waals surface area contributed by atoms with Gasteiger partial charge in [-0.2, -0.15) is 0 Å². The molecule has 7 heteroatoms. The number of fused-ring (bicyclic) bond motifs is 1. The van der Waals surface area contributed by atoms with Crippen molar-refractivity contribution in [2.45, 2.75) is 20.4 Å². The monoisotopic (exact) mass is 419 g/mol. The van der Waals surface area contributed by atoms with Crippen LogP contribution in [0.1, 0.15) is 11.1 Å². The number of anilines is 1. The number of benzene rings is 2. The Morgan fingerprint density at radius 2 is 1.90 bits per heavy atom. The number of hydrogen-bond donors (Lipinski definition) is 1. The number of amides is 1. The molecule has 2 aromatic carbocycles. The van der Waals surface area contributed by atoms with E-state index in [1.807, 2.05) is 62.4 Å². The first-order chi connectivity index (χ1) is 14.4. The lowest BCUT2D eigenvalue weighted by atomic mass is 10.1. The Bertz CT molecular complexity index is 1290. The first-order valence-electron chi connectivity index (χ1n) is 9.45. The van der Waals surface area contributed by atoms with Crippen molar-refractivity contribution < 1.29 is 9.53 Å². The van der Waals surface area contributed by atoms with Crippen LogP contribution in [0.5, 0.6) is 5.75 Å². The number of ether oxygens (including phenoxy) is 1. The van der Waals surface area contributed by atoms with E-state index in [1.165, 1.54) is 22.2 Å². The van der Waals surface area contributed by atoms with Crippen molar-refractivity contribution in [1.29, 1.82) is 0 Å². The van der Waals surface area contributed by atoms with E-state index < -0.39 is 0 Å². The average Bonchev–Trinajstić information content (AvgIpc) is 3.17. The predicted octanol–water partition coefficient (Wildman–Crippen LogP) is 4.39. The van der Waals surface area contributed by atoms with Crippen LogP contribution in [0.3, 0.4) is 0 Å². The normalized spacial score (nSPS) is 10.9. The zero-order valence-corrected chi connectivity index (χ0v) is 17.7. The first kappa shape index (κ1) is 19.8. The number of nitrogens with one attached hydrogen (secondary N) is 1. The van der Waals surface area contributed by atoms with Gasteiger partial charge in [-0.15, -0.1) is 11.3 Å². The smallest absolute Gasteiger partial charge is 0.271 e. The fourth-order valence-electron chi connectivity index (χ4n) is 3.25. The topological polar surface area (TPSA) is 73.2 Å². The summed E-state index contributed by atoms with van der Waals surface area (Å²) in [6.07, 6.45) is 1.43. The largest absolute Gasteiger partial charge is 0.497 e. The number of aryl methyl sites for hydroxylation is 2. The number of hydrogen-bond acceptors (Lipinski definition) is 5. The molecule has 0 fully saturated rings. The van der Waals surface area contributed by atoms with E-state index in [9.17, 15) is 9.59 Å². The molecule has 2 aromatic heterocycles. The molecule has 0 saturated heterocycles. The summed E-state index contributed by atoms with van der Waals surface area (Å²) in [6.45, 7) is 3.85. The van der Waals surface area contributed by atoms with Crippen molar-refractivity contribution in [3.63, 3.8) is 0 Å². The number of carbonyl (C=O) groups excluding carboxylic acids is 1. The molecule has 1 N–H and O–H groups in total. The third-order valence-corrected chi connectivity index (χ3v) is 6.01. The Morgan fingerprint density at radius 1 is 1.13 bits per heavy atom. The molecule has 6 nitrogen and oxygen atoms in total. The number of aromatic nitrogens is 2. The summed E-state index contributed by atoms with van der Waals surface area (Å²) in [5.74, 6) is 0.507. The molecule has 0 unspecified atom stereocenters. The van der Waals surface area contributed by atoms with Gasteiger partial charge in [0.05, 0.1) is 19.0 Å². The molecule has 1 amide bonds. The quantitative estimate of drug-likeness (QED) is 0.521. The van der Waals surface area contributed by atoms with Gasteiger partial charge in [-0.1, -0.05) is 17.7 Å². The van der Waals surface area contributed by atoms with Gasteiger partial charge in [-0.25, -0.2) is 4.98 Å². The summed E-state index contributed by atoms with van der Waals surface area (Å²) in [6, 6.07) is 15.3. The number of methoxy groups -OCH3 is 1. The van der Waals surface area contributed by atoms with Crippen LogP contribution in [0.2, 0.25) is 0 Å². The highest BCUT2D eigenvalue weighted by atomic mass is 32.1. The second-order valence-corrected chi connectivity index (χ2v) is 8.15. The van der Waals surface area contributed by atoms with Gasteiger partial charge in [0, 0.05) is 10.6 Å². The fraction of sp³-hybridized carbons (Fsp3) is 0.174. The minimum Gasteiger partial charge on any atom is -0.497 e. The Labute approximate surface area is 177 Å². The maximum Gasteiger partial charge on any atom is 0.271 e. The van der Waals surface area contributed by atoms with Crippen LogP contribution in [0.15, 0.2) is 59.7 Å². The van der Waals surface area contributed by atoms with E-state index in [4.69, 9.17) is 4.74 Å². The van der Waals surface area contributed by atoms with Crippen LogP contribution in [0.4, 0.5) is 5.69 Å². The van der Waals surface area contributed by atoms with Gasteiger partial charge in [0.15, 0.2) is 0 Å². The van der Waals surface area contributed by atoms with Gasteiger partial charge in [-0.3, -0.25) is 14.2 Å². The molecule has 4 rings (SSSR count). The van der Waals surface area contributed by atoms with Crippen LogP contribution in [0, 0.1) is 13.8 Å². The number of nitrogens with zero attached hydrogens (tertiary/aromatic N) is 2. The number of rotatable bonds is 5. The lowest BCUT2D eigenvalue weighted by Gasteiger charge is -2.10. The second kappa shape index (κ2) is 8.12. The number of thiophene rings is 1. The van der Waals surface area contributed by atoms with Crippen molar-refractivity contribution in [2.75, 3.05) is 12.4 Å². The highest BCUT2D eigenvalue weighted by molar-refractivity contribution is 7.22. The van der Waals surface area contributed by atoms with E-state index in [0.29, 0.717) is 10.2 Å². The van der Waals surface area contributed by atoms with Gasteiger partial charge in [-0.05, 0) is 61.4 Å². The molecule has 4 aromatic rings. The Balaban J connectivity index is 1.58. The third kappa shape index (κ3) is 3.97. The molecule has 0 atom stereocenters. The minimum absolute atomic E-state index is 0.0924. The molecule has 152 valence electrons. The zero-order valence-electron chi connectivity index (χ0n) is 16.9. The van der Waals surface area contributed by atoms with Crippen molar-refractivity contribution >= 4 is 33.1 Å². The summed E-state index contributed by atoms with van der Waals surface area (Å²) in [5, 5.41) is 2.87. The second-order valence-electron chi connectivity index (χ2n) is 7.10. The summed E-state index contributed by atoms with van der Waals surface area (Å²) < 4.78 is 7.06. The van der Waals surface area contributed by atoms with E-state index >= 15 is 0 Å². The zero-order chi connectivity index (χ0) is 21.3. The van der Waals surface area contributed by atoms with Crippen LogP contribution in [-0.2, 0) is 11.3 Å². The molecule has 0 radical (unpaired) electrons. The molecular formula is C23H21N3O3S. The number of carbonyl (C=O) groups is 1. The first-order valence-corrected chi connectivity index (χ1v) is 10.3. The molecule has 0 aliphatic carbocycles. The highest BCUT2D eigenvalue weighted by Gasteiger charge is 2.13. The summed E-state index contributed by atoms with van der Waals surface area (Å²) in [4.78, 5) is 30.7. The van der Waals surface area contributed by atoms with Gasteiger partial charge >= 0.3 is 0 Å². The van der Waals surface area contributed by atoms with Crippen LogP contribution < -0.4 is 15.6 Å². The van der Waals surface area contributed by atoms with Gasteiger partial charge < -0.3 is 10.1 Å². The van der Waals surface area contributed by atoms with E-state index in [2.05, 4.69) is 10.3 Å². The third-order valence-electron chi connectivity index (χ3n) is 4.85. The van der Waals surface area contributed by atoms with E-state index in [-0.39, 0.29) is 18.0 Å². The van der Waals surface area contributed by atoms with Crippen molar-refractivity contribution in [2.24, 2.45) is 0 Å². The lowest BCUT2D eigenvalue weighted by Crippen LogP contribution is -2.27. The molecular weight excluding hydrogens is 398 g/mol.